The Bertz CT molecular complexity index is 819. The van der Waals surface area contributed by atoms with Gasteiger partial charge in [0.2, 0.25) is 0 Å². The molecule has 0 unspecified atom stereocenters. The monoisotopic (exact) mass is 328 g/mol. The summed E-state index contributed by atoms with van der Waals surface area (Å²) in [6.45, 7) is 0. The summed E-state index contributed by atoms with van der Waals surface area (Å²) in [4.78, 5) is 4.66. The Morgan fingerprint density at radius 2 is 1.91 bits per heavy atom. The van der Waals surface area contributed by atoms with Crippen molar-refractivity contribution in [2.75, 3.05) is 0 Å². The first-order valence-corrected chi connectivity index (χ1v) is 8.07. The molecule has 3 rings (SSSR count). The topological polar surface area (TPSA) is 45.5 Å². The van der Waals surface area contributed by atoms with Crippen LogP contribution in [-0.4, -0.2) is 16.4 Å². The SMILES string of the molecule is ON=Cc1cc2ccccc2nc1SCc1ccc(Cl)cc1. The number of para-hydroxylation sites is 1. The van der Waals surface area contributed by atoms with Gasteiger partial charge in [-0.3, -0.25) is 0 Å². The smallest absolute Gasteiger partial charge is 0.106 e. The fourth-order valence-electron chi connectivity index (χ4n) is 2.12. The molecule has 0 radical (unpaired) electrons. The van der Waals surface area contributed by atoms with Crippen molar-refractivity contribution in [1.29, 1.82) is 0 Å². The van der Waals surface area contributed by atoms with E-state index in [1.165, 1.54) is 6.21 Å². The second-order valence-electron chi connectivity index (χ2n) is 4.74. The Balaban J connectivity index is 1.90. The van der Waals surface area contributed by atoms with Crippen molar-refractivity contribution in [1.82, 2.24) is 4.98 Å². The number of oxime groups is 1. The van der Waals surface area contributed by atoms with E-state index in [-0.39, 0.29) is 0 Å². The van der Waals surface area contributed by atoms with Gasteiger partial charge < -0.3 is 5.21 Å². The number of aromatic nitrogens is 1. The average Bonchev–Trinajstić information content (AvgIpc) is 2.54. The summed E-state index contributed by atoms with van der Waals surface area (Å²) in [5.41, 5.74) is 2.90. The number of fused-ring (bicyclic) bond motifs is 1. The molecule has 0 fully saturated rings. The lowest BCUT2D eigenvalue weighted by molar-refractivity contribution is 0.321. The number of rotatable bonds is 4. The molecule has 0 aliphatic rings. The van der Waals surface area contributed by atoms with Gasteiger partial charge in [-0.1, -0.05) is 47.1 Å². The Labute approximate surface area is 137 Å². The van der Waals surface area contributed by atoms with Gasteiger partial charge in [0.15, 0.2) is 0 Å². The molecule has 0 saturated carbocycles. The number of halogens is 1. The quantitative estimate of drug-likeness (QED) is 0.317. The van der Waals surface area contributed by atoms with Crippen LogP contribution in [0.15, 0.2) is 64.8 Å². The molecule has 1 aromatic heterocycles. The molecular formula is C17H13ClN2OS. The lowest BCUT2D eigenvalue weighted by Gasteiger charge is -2.07. The van der Waals surface area contributed by atoms with E-state index in [1.54, 1.807) is 11.8 Å². The highest BCUT2D eigenvalue weighted by molar-refractivity contribution is 7.98. The molecule has 22 heavy (non-hydrogen) atoms. The zero-order chi connectivity index (χ0) is 15.4. The molecule has 0 aliphatic heterocycles. The normalized spacial score (nSPS) is 11.3. The highest BCUT2D eigenvalue weighted by atomic mass is 35.5. The summed E-state index contributed by atoms with van der Waals surface area (Å²) in [6.07, 6.45) is 1.42. The molecule has 2 aromatic carbocycles. The van der Waals surface area contributed by atoms with E-state index in [0.29, 0.717) is 0 Å². The summed E-state index contributed by atoms with van der Waals surface area (Å²) in [5.74, 6) is 0.773. The number of hydrogen-bond donors (Lipinski definition) is 1. The van der Waals surface area contributed by atoms with Crippen LogP contribution >= 0.6 is 23.4 Å². The Morgan fingerprint density at radius 3 is 2.68 bits per heavy atom. The van der Waals surface area contributed by atoms with Crippen molar-refractivity contribution < 1.29 is 5.21 Å². The van der Waals surface area contributed by atoms with Crippen LogP contribution in [0.3, 0.4) is 0 Å². The number of benzene rings is 2. The fourth-order valence-corrected chi connectivity index (χ4v) is 3.18. The van der Waals surface area contributed by atoms with Crippen LogP contribution in [-0.2, 0) is 5.75 Å². The van der Waals surface area contributed by atoms with Gasteiger partial charge in [-0.05, 0) is 29.8 Å². The zero-order valence-electron chi connectivity index (χ0n) is 11.6. The first-order chi connectivity index (χ1) is 10.8. The minimum absolute atomic E-state index is 0.727. The number of thioether (sulfide) groups is 1. The maximum atomic E-state index is 8.85. The van der Waals surface area contributed by atoms with Crippen LogP contribution in [0.1, 0.15) is 11.1 Å². The highest BCUT2D eigenvalue weighted by Crippen LogP contribution is 2.27. The lowest BCUT2D eigenvalue weighted by Crippen LogP contribution is -1.93. The minimum Gasteiger partial charge on any atom is -0.411 e. The van der Waals surface area contributed by atoms with Gasteiger partial charge in [-0.15, -0.1) is 11.8 Å². The molecule has 3 nitrogen and oxygen atoms in total. The van der Waals surface area contributed by atoms with Gasteiger partial charge in [0.1, 0.15) is 5.03 Å². The van der Waals surface area contributed by atoms with Crippen molar-refractivity contribution in [2.45, 2.75) is 10.8 Å². The van der Waals surface area contributed by atoms with Crippen LogP contribution in [0.25, 0.3) is 10.9 Å². The maximum Gasteiger partial charge on any atom is 0.106 e. The molecule has 5 heteroatoms. The third-order valence-electron chi connectivity index (χ3n) is 3.20. The number of pyridine rings is 1. The fraction of sp³-hybridized carbons (Fsp3) is 0.0588. The largest absolute Gasteiger partial charge is 0.411 e. The van der Waals surface area contributed by atoms with Crippen LogP contribution in [0.5, 0.6) is 0 Å². The van der Waals surface area contributed by atoms with Gasteiger partial charge >= 0.3 is 0 Å². The summed E-state index contributed by atoms with van der Waals surface area (Å²) in [6, 6.07) is 17.6. The van der Waals surface area contributed by atoms with E-state index in [0.717, 1.165) is 37.8 Å². The molecule has 0 atom stereocenters. The maximum absolute atomic E-state index is 8.85. The third-order valence-corrected chi connectivity index (χ3v) is 4.53. The number of hydrogen-bond acceptors (Lipinski definition) is 4. The molecule has 1 heterocycles. The zero-order valence-corrected chi connectivity index (χ0v) is 13.2. The molecule has 0 saturated heterocycles. The summed E-state index contributed by atoms with van der Waals surface area (Å²) >= 11 is 7.50. The van der Waals surface area contributed by atoms with Crippen molar-refractivity contribution in [3.8, 4) is 0 Å². The summed E-state index contributed by atoms with van der Waals surface area (Å²) in [7, 11) is 0. The Hall–Kier alpha value is -2.04. The molecule has 110 valence electrons. The van der Waals surface area contributed by atoms with Crippen molar-refractivity contribution in [3.63, 3.8) is 0 Å². The molecule has 0 bridgehead atoms. The molecule has 0 aliphatic carbocycles. The predicted molar refractivity (Wildman–Crippen MR) is 92.1 cm³/mol. The van der Waals surface area contributed by atoms with Crippen LogP contribution < -0.4 is 0 Å². The van der Waals surface area contributed by atoms with Crippen molar-refractivity contribution in [3.05, 3.63) is 70.7 Å². The minimum atomic E-state index is 0.727. The second kappa shape index (κ2) is 6.81. The second-order valence-corrected chi connectivity index (χ2v) is 6.14. The van der Waals surface area contributed by atoms with Crippen LogP contribution in [0, 0.1) is 0 Å². The molecule has 0 spiro atoms. The van der Waals surface area contributed by atoms with Gasteiger partial charge in [-0.2, -0.15) is 0 Å². The van der Waals surface area contributed by atoms with Crippen molar-refractivity contribution in [2.24, 2.45) is 5.16 Å². The van der Waals surface area contributed by atoms with Crippen LogP contribution in [0.2, 0.25) is 5.02 Å². The van der Waals surface area contributed by atoms with Crippen LogP contribution in [0.4, 0.5) is 0 Å². The molecule has 3 aromatic rings. The van der Waals surface area contributed by atoms with E-state index < -0.39 is 0 Å². The predicted octanol–water partition coefficient (Wildman–Crippen LogP) is 4.99. The standard InChI is InChI=1S/C17H13ClN2OS/c18-15-7-5-12(6-8-15)11-22-17-14(10-19-21)9-13-3-1-2-4-16(13)20-17/h1-10,21H,11H2. The van der Waals surface area contributed by atoms with Gasteiger partial charge in [-0.25, -0.2) is 4.98 Å². The van der Waals surface area contributed by atoms with E-state index >= 15 is 0 Å². The third kappa shape index (κ3) is 3.40. The van der Waals surface area contributed by atoms with Gasteiger partial charge in [0, 0.05) is 21.7 Å². The summed E-state index contributed by atoms with van der Waals surface area (Å²) in [5, 5.41) is 14.6. The highest BCUT2D eigenvalue weighted by Gasteiger charge is 2.07. The Kier molecular flexibility index (Phi) is 4.61. The Morgan fingerprint density at radius 1 is 1.14 bits per heavy atom. The molecule has 1 N–H and O–H groups in total. The van der Waals surface area contributed by atoms with Crippen molar-refractivity contribution >= 4 is 40.5 Å². The van der Waals surface area contributed by atoms with E-state index in [4.69, 9.17) is 16.8 Å². The lowest BCUT2D eigenvalue weighted by atomic mass is 10.2. The molecular weight excluding hydrogens is 316 g/mol. The first-order valence-electron chi connectivity index (χ1n) is 6.71. The van der Waals surface area contributed by atoms with Gasteiger partial charge in [0.05, 0.1) is 11.7 Å². The van der Waals surface area contributed by atoms with E-state index in [9.17, 15) is 0 Å². The summed E-state index contributed by atoms with van der Waals surface area (Å²) < 4.78 is 0. The van der Waals surface area contributed by atoms with Gasteiger partial charge in [0.25, 0.3) is 0 Å². The first kappa shape index (κ1) is 14.9. The number of nitrogens with zero attached hydrogens (tertiary/aromatic N) is 2. The van der Waals surface area contributed by atoms with E-state index in [1.807, 2.05) is 54.6 Å². The average molecular weight is 329 g/mol. The van der Waals surface area contributed by atoms with E-state index in [2.05, 4.69) is 10.1 Å². The molecule has 0 amide bonds.